The first-order chi connectivity index (χ1) is 20.1. The second-order valence-corrected chi connectivity index (χ2v) is 9.51. The van der Waals surface area contributed by atoms with Gasteiger partial charge in [0.1, 0.15) is 12.1 Å². The number of nitrogens with zero attached hydrogens (tertiary/aromatic N) is 1. The van der Waals surface area contributed by atoms with Crippen molar-refractivity contribution in [2.24, 2.45) is 22.4 Å². The minimum absolute atomic E-state index is 0.0290. The molecule has 15 heteroatoms. The number of ether oxygens (including phenoxy) is 1. The summed E-state index contributed by atoms with van der Waals surface area (Å²) in [5.41, 5.74) is 8.92. The van der Waals surface area contributed by atoms with E-state index in [1.54, 1.807) is 7.05 Å². The summed E-state index contributed by atoms with van der Waals surface area (Å²) in [6.45, 7) is 0.342. The average Bonchev–Trinajstić information content (AvgIpc) is 2.90. The number of benzene rings is 2. The maximum absolute atomic E-state index is 12.9. The molecule has 0 bridgehead atoms. The molecule has 0 aliphatic heterocycles. The van der Waals surface area contributed by atoms with Gasteiger partial charge < -0.3 is 26.3 Å². The Kier molecular flexibility index (Phi) is 15.6. The summed E-state index contributed by atoms with van der Waals surface area (Å²) in [5.74, 6) is -3.67. The maximum Gasteiger partial charge on any atom is 0.573 e. The zero-order valence-electron chi connectivity index (χ0n) is 23.3. The van der Waals surface area contributed by atoms with E-state index >= 15 is 0 Å². The van der Waals surface area contributed by atoms with E-state index in [0.29, 0.717) is 24.2 Å². The Bertz CT molecular complexity index is 1190. The van der Waals surface area contributed by atoms with Crippen molar-refractivity contribution in [3.63, 3.8) is 0 Å². The highest BCUT2D eigenvalue weighted by molar-refractivity contribution is 5.92. The number of hydrogen-bond acceptors (Lipinski definition) is 4. The highest BCUT2D eigenvalue weighted by atomic mass is 19.4. The van der Waals surface area contributed by atoms with E-state index in [0.717, 1.165) is 43.2 Å². The predicted octanol–water partition coefficient (Wildman–Crippen LogP) is 6.18. The van der Waals surface area contributed by atoms with Gasteiger partial charge in [0.15, 0.2) is 17.5 Å². The van der Waals surface area contributed by atoms with Crippen LogP contribution in [0.25, 0.3) is 0 Å². The first-order valence-corrected chi connectivity index (χ1v) is 13.2. The molecule has 43 heavy (non-hydrogen) atoms. The summed E-state index contributed by atoms with van der Waals surface area (Å²) in [4.78, 5) is 24.3. The monoisotopic (exact) mass is 626 g/mol. The fourth-order valence-corrected chi connectivity index (χ4v) is 4.10. The van der Waals surface area contributed by atoms with Crippen LogP contribution in [0.15, 0.2) is 41.4 Å². The fourth-order valence-electron chi connectivity index (χ4n) is 4.10. The van der Waals surface area contributed by atoms with Crippen molar-refractivity contribution >= 4 is 18.2 Å². The second-order valence-electron chi connectivity index (χ2n) is 9.51. The number of aliphatic imine (C=N–C) groups is 1. The van der Waals surface area contributed by atoms with Crippen molar-refractivity contribution in [3.8, 4) is 5.75 Å². The Hall–Kier alpha value is -3.75. The van der Waals surface area contributed by atoms with E-state index in [9.17, 15) is 44.7 Å². The molecule has 2 aromatic rings. The van der Waals surface area contributed by atoms with Gasteiger partial charge in [0, 0.05) is 13.0 Å². The summed E-state index contributed by atoms with van der Waals surface area (Å²) in [6, 6.07) is 5.59. The first-order valence-electron chi connectivity index (χ1n) is 13.2. The number of nitrogens with one attached hydrogen (secondary N) is 1. The minimum atomic E-state index is -4.88. The van der Waals surface area contributed by atoms with Crippen LogP contribution in [0.2, 0.25) is 0 Å². The number of aldehydes is 1. The van der Waals surface area contributed by atoms with E-state index in [1.807, 2.05) is 0 Å². The van der Waals surface area contributed by atoms with Crippen molar-refractivity contribution < 1.29 is 49.4 Å². The first kappa shape index (κ1) is 37.3. The van der Waals surface area contributed by atoms with Crippen molar-refractivity contribution in [2.75, 3.05) is 7.05 Å². The van der Waals surface area contributed by atoms with Gasteiger partial charge in [-0.25, -0.2) is 8.78 Å². The molecule has 0 aromatic heterocycles. The molecule has 0 spiro atoms. The third-order valence-corrected chi connectivity index (χ3v) is 5.97. The molecule has 1 amide bonds. The number of nitrogens with two attached hydrogens (primary N) is 2. The summed E-state index contributed by atoms with van der Waals surface area (Å²) in [5, 5.41) is 2.73. The van der Waals surface area contributed by atoms with Crippen LogP contribution in [0.3, 0.4) is 0 Å². The number of carbonyl (C=O) groups is 2. The van der Waals surface area contributed by atoms with E-state index in [2.05, 4.69) is 15.0 Å². The molecule has 0 heterocycles. The Morgan fingerprint density at radius 3 is 2.12 bits per heavy atom. The molecule has 1 fully saturated rings. The van der Waals surface area contributed by atoms with Gasteiger partial charge in [-0.3, -0.25) is 4.79 Å². The predicted molar refractivity (Wildman–Crippen MR) is 144 cm³/mol. The zero-order chi connectivity index (χ0) is 32.6. The van der Waals surface area contributed by atoms with Crippen LogP contribution in [0, 0.1) is 17.6 Å². The molecule has 1 aliphatic carbocycles. The molecule has 3 rings (SSSR count). The average molecular weight is 627 g/mol. The van der Waals surface area contributed by atoms with Crippen molar-refractivity contribution in [1.82, 2.24) is 5.32 Å². The summed E-state index contributed by atoms with van der Waals surface area (Å²) in [6.07, 6.45) is -0.227. The van der Waals surface area contributed by atoms with Crippen LogP contribution in [-0.2, 0) is 28.7 Å². The number of hydrogen-bond donors (Lipinski definition) is 3. The Morgan fingerprint density at radius 1 is 0.977 bits per heavy atom. The lowest BCUT2D eigenvalue weighted by molar-refractivity contribution is -0.275. The van der Waals surface area contributed by atoms with Crippen LogP contribution in [0.4, 0.5) is 35.1 Å². The van der Waals surface area contributed by atoms with Gasteiger partial charge in [-0.2, -0.15) is 18.2 Å². The van der Waals surface area contributed by atoms with Crippen molar-refractivity contribution in [2.45, 2.75) is 70.4 Å². The maximum atomic E-state index is 12.9. The SMILES string of the molecule is CNCc1ccc(F)c(OC(F)(F)F)c1.NC(N)=NC(=O)Cc1ccc(F)c(C(F)(F)F)c1.O=CCCC1CCCCC1. The van der Waals surface area contributed by atoms with E-state index in [1.165, 1.54) is 38.2 Å². The number of guanidine groups is 1. The largest absolute Gasteiger partial charge is 0.573 e. The van der Waals surface area contributed by atoms with Crippen LogP contribution in [-0.4, -0.2) is 31.6 Å². The van der Waals surface area contributed by atoms with Gasteiger partial charge in [0.05, 0.1) is 12.0 Å². The normalized spacial score (nSPS) is 13.5. The third kappa shape index (κ3) is 15.9. The van der Waals surface area contributed by atoms with Gasteiger partial charge in [0.2, 0.25) is 0 Å². The van der Waals surface area contributed by atoms with Gasteiger partial charge in [-0.1, -0.05) is 44.2 Å². The lowest BCUT2D eigenvalue weighted by atomic mass is 9.86. The number of rotatable bonds is 8. The molecule has 0 radical (unpaired) electrons. The molecule has 240 valence electrons. The van der Waals surface area contributed by atoms with E-state index in [-0.39, 0.29) is 5.56 Å². The van der Waals surface area contributed by atoms with Crippen molar-refractivity contribution in [1.29, 1.82) is 0 Å². The smallest absolute Gasteiger partial charge is 0.403 e. The molecule has 1 aliphatic rings. The van der Waals surface area contributed by atoms with E-state index < -0.39 is 53.8 Å². The highest BCUT2D eigenvalue weighted by Gasteiger charge is 2.34. The number of amides is 1. The van der Waals surface area contributed by atoms with Gasteiger partial charge in [-0.15, -0.1) is 13.2 Å². The molecular weight excluding hydrogens is 592 g/mol. The Balaban J connectivity index is 0.000000335. The quantitative estimate of drug-likeness (QED) is 0.139. The lowest BCUT2D eigenvalue weighted by Crippen LogP contribution is -2.24. The summed E-state index contributed by atoms with van der Waals surface area (Å²) >= 11 is 0. The second kappa shape index (κ2) is 18.0. The van der Waals surface area contributed by atoms with Gasteiger partial charge in [0.25, 0.3) is 5.91 Å². The lowest BCUT2D eigenvalue weighted by Gasteiger charge is -2.19. The highest BCUT2D eigenvalue weighted by Crippen LogP contribution is 2.32. The van der Waals surface area contributed by atoms with Crippen LogP contribution < -0.4 is 21.5 Å². The van der Waals surface area contributed by atoms with Crippen LogP contribution in [0.5, 0.6) is 5.75 Å². The number of halogens is 8. The van der Waals surface area contributed by atoms with Crippen LogP contribution >= 0.6 is 0 Å². The van der Waals surface area contributed by atoms with Crippen molar-refractivity contribution in [3.05, 3.63) is 64.7 Å². The Labute approximate surface area is 243 Å². The number of alkyl halides is 6. The number of carbonyl (C=O) groups excluding carboxylic acids is 2. The van der Waals surface area contributed by atoms with Gasteiger partial charge >= 0.3 is 12.5 Å². The molecule has 0 saturated heterocycles. The molecule has 2 aromatic carbocycles. The fraction of sp³-hybridized carbons (Fsp3) is 0.464. The minimum Gasteiger partial charge on any atom is -0.403 e. The summed E-state index contributed by atoms with van der Waals surface area (Å²) in [7, 11) is 1.63. The summed E-state index contributed by atoms with van der Waals surface area (Å²) < 4.78 is 102. The topological polar surface area (TPSA) is 120 Å². The van der Waals surface area contributed by atoms with Gasteiger partial charge in [-0.05, 0) is 54.8 Å². The van der Waals surface area contributed by atoms with E-state index in [4.69, 9.17) is 11.5 Å². The van der Waals surface area contributed by atoms with Crippen LogP contribution in [0.1, 0.15) is 61.6 Å². The Morgan fingerprint density at radius 2 is 1.58 bits per heavy atom. The molecular formula is C28H34F8N4O3. The molecule has 5 N–H and O–H groups in total. The zero-order valence-corrected chi connectivity index (χ0v) is 23.3. The molecule has 0 atom stereocenters. The molecule has 0 unspecified atom stereocenters. The molecule has 1 saturated carbocycles. The molecule has 7 nitrogen and oxygen atoms in total. The third-order valence-electron chi connectivity index (χ3n) is 5.97. The standard InChI is InChI=1S/C10H9F4N3O.C9H9F4NO.C9H16O/c11-7-2-1-5(3-6(7)10(12,13)14)4-8(18)17-9(15)16;1-14-5-6-2-3-7(10)8(4-6)15-9(11,12)13;10-8-4-7-9-5-2-1-3-6-9/h1-3H,4H2,(H4,15,16,17,18);2-4,14H,5H2,1H3;8-9H,1-7H2.